The fourth-order valence-corrected chi connectivity index (χ4v) is 7.15. The van der Waals surface area contributed by atoms with Crippen molar-refractivity contribution in [2.75, 3.05) is 172 Å². The number of aryl methyl sites for hydroxylation is 1. The molecule has 0 saturated carbocycles. The Balaban J connectivity index is 1.36. The number of nitrogens with one attached hydrogen (secondary N) is 1. The lowest BCUT2D eigenvalue weighted by Gasteiger charge is -2.24. The summed E-state index contributed by atoms with van der Waals surface area (Å²) in [5, 5.41) is 7.59. The van der Waals surface area contributed by atoms with Gasteiger partial charge in [-0.15, -0.1) is 0 Å². The van der Waals surface area contributed by atoms with E-state index in [1.165, 1.54) is 0 Å². The maximum atomic E-state index is 13.8. The molecule has 2 rings (SSSR count). The normalized spacial score (nSPS) is 12.9. The zero-order chi connectivity index (χ0) is 54.1. The number of fused-ring (bicyclic) bond motifs is 1. The van der Waals surface area contributed by atoms with Gasteiger partial charge in [-0.3, -0.25) is 19.1 Å². The molecular weight excluding hydrogens is 959 g/mol. The first kappa shape index (κ1) is 66.5. The topological polar surface area (TPSA) is 227 Å². The van der Waals surface area contributed by atoms with Crippen LogP contribution in [-0.2, 0) is 73.0 Å². The number of carbonyl (C=O) groups excluding carboxylic acids is 3. The Morgan fingerprint density at radius 3 is 1.59 bits per heavy atom. The van der Waals surface area contributed by atoms with Gasteiger partial charge in [0.15, 0.2) is 0 Å². The second-order valence-electron chi connectivity index (χ2n) is 20.1. The van der Waals surface area contributed by atoms with Crippen molar-refractivity contribution in [3.8, 4) is 0 Å². The van der Waals surface area contributed by atoms with Gasteiger partial charge in [-0.25, -0.2) is 4.99 Å². The molecule has 1 aliphatic rings. The maximum Gasteiger partial charge on any atom is 0.308 e. The van der Waals surface area contributed by atoms with Gasteiger partial charge in [0, 0.05) is 51.1 Å². The summed E-state index contributed by atoms with van der Waals surface area (Å²) in [5.74, 6) is 0.101. The summed E-state index contributed by atoms with van der Waals surface area (Å²) in [5.41, 5.74) is 7.82. The van der Waals surface area contributed by atoms with E-state index in [9.17, 15) is 14.4 Å². The van der Waals surface area contributed by atoms with Crippen molar-refractivity contribution in [2.24, 2.45) is 16.1 Å². The van der Waals surface area contributed by atoms with Gasteiger partial charge in [0.2, 0.25) is 11.8 Å². The lowest BCUT2D eigenvalue weighted by molar-refractivity contribution is -0.156. The van der Waals surface area contributed by atoms with Crippen molar-refractivity contribution >= 4 is 35.4 Å². The van der Waals surface area contributed by atoms with E-state index < -0.39 is 5.60 Å². The van der Waals surface area contributed by atoms with Crippen LogP contribution in [0.2, 0.25) is 0 Å². The van der Waals surface area contributed by atoms with Crippen molar-refractivity contribution < 1.29 is 66.5 Å². The number of amidine groups is 1. The van der Waals surface area contributed by atoms with Crippen molar-refractivity contribution in [2.45, 2.75) is 112 Å². The van der Waals surface area contributed by atoms with Crippen LogP contribution in [0.3, 0.4) is 0 Å². The molecule has 0 fully saturated rings. The molecule has 3 N–H and O–H groups in total. The van der Waals surface area contributed by atoms with Gasteiger partial charge < -0.3 is 73.0 Å². The monoisotopic (exact) mass is 1060 g/mol. The molecular formula is C53H97N7O14. The van der Waals surface area contributed by atoms with Gasteiger partial charge in [0.1, 0.15) is 17.1 Å². The molecule has 0 bridgehead atoms. The Kier molecular flexibility index (Phi) is 37.3. The molecule has 0 saturated heterocycles. The fraction of sp³-hybridized carbons (Fsp3) is 0.830. The number of esters is 1. The van der Waals surface area contributed by atoms with Gasteiger partial charge in [0.25, 0.3) is 0 Å². The van der Waals surface area contributed by atoms with Gasteiger partial charge in [-0.05, 0) is 71.5 Å². The van der Waals surface area contributed by atoms with Crippen molar-refractivity contribution in [1.82, 2.24) is 24.9 Å². The van der Waals surface area contributed by atoms with E-state index in [1.54, 1.807) is 6.20 Å². The summed E-state index contributed by atoms with van der Waals surface area (Å²) in [6.45, 7) is 27.5. The number of nitrogens with two attached hydrogens (primary N) is 1. The van der Waals surface area contributed by atoms with Crippen molar-refractivity contribution in [3.63, 3.8) is 0 Å². The molecule has 0 unspecified atom stereocenters. The van der Waals surface area contributed by atoms with Gasteiger partial charge >= 0.3 is 5.97 Å². The molecule has 428 valence electrons. The van der Waals surface area contributed by atoms with E-state index in [-0.39, 0.29) is 36.0 Å². The molecule has 21 heteroatoms. The molecule has 2 heterocycles. The number of rotatable bonds is 47. The summed E-state index contributed by atoms with van der Waals surface area (Å²) in [4.78, 5) is 46.4. The lowest BCUT2D eigenvalue weighted by Crippen LogP contribution is -2.37. The molecule has 0 spiro atoms. The number of unbranched alkanes of at least 4 members (excludes halogenated alkanes) is 2. The number of likely N-dealkylation sites (N-methyl/N-ethyl adjacent to an activating group) is 1. The Hall–Kier alpha value is -3.61. The highest BCUT2D eigenvalue weighted by Gasteiger charge is 2.24. The summed E-state index contributed by atoms with van der Waals surface area (Å²) >= 11 is 0. The van der Waals surface area contributed by atoms with E-state index in [1.807, 2.05) is 57.2 Å². The highest BCUT2D eigenvalue weighted by Crippen LogP contribution is 2.27. The Morgan fingerprint density at radius 1 is 0.635 bits per heavy atom. The fourth-order valence-electron chi connectivity index (χ4n) is 7.15. The molecule has 2 amide bonds. The van der Waals surface area contributed by atoms with Crippen LogP contribution < -0.4 is 11.1 Å². The van der Waals surface area contributed by atoms with E-state index in [0.29, 0.717) is 188 Å². The first-order chi connectivity index (χ1) is 35.6. The SMILES string of the molecule is CCCN(CCCNC(=O)CC(C)(C)C)C(=O)C1=Cc2c(cnn2CCCCCN(C)CCOCCOCCOCCOCCOCCOCCOCCOCCOCCOCCC(=O)OC(C)(C)C)N=C(N)C1. The van der Waals surface area contributed by atoms with Crippen LogP contribution in [0.25, 0.3) is 6.08 Å². The molecule has 0 radical (unpaired) electrons. The van der Waals surface area contributed by atoms with Crippen LogP contribution in [0, 0.1) is 5.41 Å². The van der Waals surface area contributed by atoms with Crippen LogP contribution in [-0.4, -0.2) is 221 Å². The Bertz CT molecular complexity index is 1680. The molecule has 1 aromatic rings. The predicted molar refractivity (Wildman–Crippen MR) is 285 cm³/mol. The number of aliphatic imine (C=N–C) groups is 1. The molecule has 1 aliphatic heterocycles. The van der Waals surface area contributed by atoms with E-state index in [0.717, 1.165) is 44.5 Å². The average Bonchev–Trinajstić information content (AvgIpc) is 3.61. The van der Waals surface area contributed by atoms with E-state index in [4.69, 9.17) is 57.8 Å². The van der Waals surface area contributed by atoms with Crippen LogP contribution >= 0.6 is 0 Å². The van der Waals surface area contributed by atoms with Crippen LogP contribution in [0.4, 0.5) is 5.69 Å². The summed E-state index contributed by atoms with van der Waals surface area (Å²) in [6, 6.07) is 0. The summed E-state index contributed by atoms with van der Waals surface area (Å²) in [6.07, 6.45) is 9.12. The highest BCUT2D eigenvalue weighted by molar-refractivity contribution is 6.05. The number of aromatic nitrogens is 2. The number of carbonyl (C=O) groups is 3. The maximum absolute atomic E-state index is 13.8. The second kappa shape index (κ2) is 41.5. The summed E-state index contributed by atoms with van der Waals surface area (Å²) in [7, 11) is 2.11. The highest BCUT2D eigenvalue weighted by atomic mass is 16.6. The first-order valence-electron chi connectivity index (χ1n) is 26.9. The Labute approximate surface area is 443 Å². The van der Waals surface area contributed by atoms with Crippen molar-refractivity contribution in [1.29, 1.82) is 0 Å². The number of amides is 2. The molecule has 74 heavy (non-hydrogen) atoms. The molecule has 0 atom stereocenters. The van der Waals surface area contributed by atoms with Crippen LogP contribution in [0.1, 0.15) is 106 Å². The molecule has 21 nitrogen and oxygen atoms in total. The third-order valence-corrected chi connectivity index (χ3v) is 10.7. The van der Waals surface area contributed by atoms with Crippen LogP contribution in [0.15, 0.2) is 16.8 Å². The number of ether oxygens (including phenoxy) is 11. The minimum absolute atomic E-state index is 0.0319. The van der Waals surface area contributed by atoms with E-state index in [2.05, 4.69) is 34.3 Å². The van der Waals surface area contributed by atoms with Crippen molar-refractivity contribution in [3.05, 3.63) is 17.5 Å². The Morgan fingerprint density at radius 2 is 1.12 bits per heavy atom. The average molecular weight is 1060 g/mol. The van der Waals surface area contributed by atoms with Crippen LogP contribution in [0.5, 0.6) is 0 Å². The number of hydrogen-bond acceptors (Lipinski definition) is 18. The minimum Gasteiger partial charge on any atom is -0.460 e. The van der Waals surface area contributed by atoms with Gasteiger partial charge in [-0.2, -0.15) is 5.10 Å². The third kappa shape index (κ3) is 36.4. The third-order valence-electron chi connectivity index (χ3n) is 10.7. The second-order valence-corrected chi connectivity index (χ2v) is 20.1. The standard InChI is InChI=1S/C53H97N7O14/c1-9-16-59(18-13-15-55-49(61)43-52(2,3)4)51(63)45-41-47-46(57-48(54)42-45)44-56-60(47)19-12-10-11-17-58(8)20-22-65-24-26-67-28-30-69-32-34-71-36-38-73-40-39-72-37-35-70-33-31-68-29-27-66-25-23-64-21-14-50(62)74-53(5,6)7/h41,44H,9-40,42-43H2,1-8H3,(H2,54,57)(H,55,61). The number of hydrogen-bond donors (Lipinski definition) is 2. The summed E-state index contributed by atoms with van der Waals surface area (Å²) < 4.78 is 62.6. The van der Waals surface area contributed by atoms with Gasteiger partial charge in [-0.1, -0.05) is 34.1 Å². The molecule has 0 aromatic carbocycles. The van der Waals surface area contributed by atoms with Gasteiger partial charge in [0.05, 0.1) is 150 Å². The smallest absolute Gasteiger partial charge is 0.308 e. The predicted octanol–water partition coefficient (Wildman–Crippen LogP) is 4.84. The van der Waals surface area contributed by atoms with E-state index >= 15 is 0 Å². The minimum atomic E-state index is -0.483. The number of nitrogens with zero attached hydrogens (tertiary/aromatic N) is 5. The zero-order valence-electron chi connectivity index (χ0n) is 46.7. The molecule has 1 aromatic heterocycles. The zero-order valence-corrected chi connectivity index (χ0v) is 46.7. The lowest BCUT2D eigenvalue weighted by atomic mass is 9.92. The first-order valence-corrected chi connectivity index (χ1v) is 26.9. The largest absolute Gasteiger partial charge is 0.460 e. The molecule has 0 aliphatic carbocycles. The quantitative estimate of drug-likeness (QED) is 0.0658.